The predicted molar refractivity (Wildman–Crippen MR) is 114 cm³/mol. The monoisotopic (exact) mass is 511 g/mol. The minimum absolute atomic E-state index is 0.00781. The van der Waals surface area contributed by atoms with Crippen LogP contribution in [0.15, 0.2) is 48.7 Å². The molecule has 0 unspecified atom stereocenters. The van der Waals surface area contributed by atoms with Gasteiger partial charge in [0.2, 0.25) is 0 Å². The van der Waals surface area contributed by atoms with Crippen molar-refractivity contribution in [2.75, 3.05) is 0 Å². The van der Waals surface area contributed by atoms with Gasteiger partial charge in [0.15, 0.2) is 11.3 Å². The van der Waals surface area contributed by atoms with Crippen LogP contribution in [0.25, 0.3) is 28.0 Å². The summed E-state index contributed by atoms with van der Waals surface area (Å²) in [6, 6.07) is 8.74. The first-order valence-corrected chi connectivity index (χ1v) is 10.1. The molecule has 13 heteroatoms. The van der Waals surface area contributed by atoms with Gasteiger partial charge in [0.25, 0.3) is 0 Å². The van der Waals surface area contributed by atoms with Crippen LogP contribution in [0.2, 0.25) is 0 Å². The summed E-state index contributed by atoms with van der Waals surface area (Å²) in [5.74, 6) is -2.55. The van der Waals surface area contributed by atoms with Crippen LogP contribution in [-0.4, -0.2) is 38.4 Å². The zero-order chi connectivity index (χ0) is 26.4. The molecule has 1 N–H and O–H groups in total. The van der Waals surface area contributed by atoms with E-state index in [0.717, 1.165) is 22.7 Å². The fourth-order valence-corrected chi connectivity index (χ4v) is 3.74. The van der Waals surface area contributed by atoms with Crippen molar-refractivity contribution in [2.45, 2.75) is 26.6 Å². The van der Waals surface area contributed by atoms with E-state index in [4.69, 9.17) is 0 Å². The number of hydrogen-bond acceptors (Lipinski definition) is 5. The van der Waals surface area contributed by atoms with Crippen LogP contribution in [0.4, 0.5) is 26.3 Å². The van der Waals surface area contributed by atoms with Crippen molar-refractivity contribution < 1.29 is 45.7 Å². The third kappa shape index (κ3) is 5.34. The minimum Gasteiger partial charge on any atom is -0.476 e. The van der Waals surface area contributed by atoms with Crippen molar-refractivity contribution in [3.63, 3.8) is 0 Å². The second kappa shape index (κ2) is 8.73. The van der Waals surface area contributed by atoms with Crippen molar-refractivity contribution in [3.05, 3.63) is 65.5 Å². The molecule has 36 heavy (non-hydrogen) atoms. The van der Waals surface area contributed by atoms with Gasteiger partial charge in [-0.05, 0) is 66.9 Å². The Morgan fingerprint density at radius 3 is 1.92 bits per heavy atom. The maximum absolute atomic E-state index is 12.8. The van der Waals surface area contributed by atoms with E-state index in [9.17, 15) is 36.2 Å². The summed E-state index contributed by atoms with van der Waals surface area (Å²) in [6.45, 7) is 3.03. The number of alkyl halides is 6. The van der Waals surface area contributed by atoms with Crippen molar-refractivity contribution in [1.29, 1.82) is 0 Å². The third-order valence-corrected chi connectivity index (χ3v) is 4.87. The normalized spacial score (nSPS) is 12.1. The Hall–Kier alpha value is -4.29. The van der Waals surface area contributed by atoms with Gasteiger partial charge in [0.05, 0.1) is 0 Å². The molecule has 0 radical (unpaired) electrons. The number of carbonyl (C=O) groups is 1. The maximum atomic E-state index is 12.8. The fourth-order valence-electron chi connectivity index (χ4n) is 3.74. The Kier molecular flexibility index (Phi) is 6.02. The lowest BCUT2D eigenvalue weighted by atomic mass is 10.0. The number of hydrogen-bond donors (Lipinski definition) is 1. The van der Waals surface area contributed by atoms with Crippen LogP contribution >= 0.6 is 0 Å². The van der Waals surface area contributed by atoms with Crippen LogP contribution in [0.1, 0.15) is 21.6 Å². The Bertz CT molecular complexity index is 1480. The lowest BCUT2D eigenvalue weighted by molar-refractivity contribution is -0.275. The summed E-state index contributed by atoms with van der Waals surface area (Å²) in [6.07, 6.45) is -8.69. The number of rotatable bonds is 5. The number of nitrogens with zero attached hydrogens (tertiary/aromatic N) is 3. The number of ether oxygens (including phenoxy) is 2. The zero-order valence-electron chi connectivity index (χ0n) is 18.4. The van der Waals surface area contributed by atoms with Gasteiger partial charge in [0.1, 0.15) is 17.2 Å². The molecule has 0 saturated carbocycles. The second-order valence-corrected chi connectivity index (χ2v) is 7.76. The molecule has 0 aliphatic rings. The molecule has 0 aliphatic heterocycles. The standard InChI is InChI=1S/C23H15F6N3O4/c1-11-5-13(9-15(7-11)35-22(24,25)26)17-3-4-30-32-19(21(33)34)18(31-20(17)32)14-6-12(2)8-16(10-14)36-23(27,28)29/h3-10H,1-2H3,(H,33,34). The molecule has 2 aromatic heterocycles. The van der Waals surface area contributed by atoms with Gasteiger partial charge < -0.3 is 14.6 Å². The Morgan fingerprint density at radius 1 is 0.861 bits per heavy atom. The van der Waals surface area contributed by atoms with E-state index in [0.29, 0.717) is 11.1 Å². The molecule has 0 saturated heterocycles. The van der Waals surface area contributed by atoms with E-state index in [1.807, 2.05) is 0 Å². The van der Waals surface area contributed by atoms with Crippen LogP contribution in [0.3, 0.4) is 0 Å². The first-order chi connectivity index (χ1) is 16.7. The van der Waals surface area contributed by atoms with Crippen molar-refractivity contribution >= 4 is 11.6 Å². The fraction of sp³-hybridized carbons (Fsp3) is 0.174. The summed E-state index contributed by atoms with van der Waals surface area (Å²) in [5.41, 5.74) is 0.476. The summed E-state index contributed by atoms with van der Waals surface area (Å²) in [5, 5.41) is 13.9. The Balaban J connectivity index is 1.93. The van der Waals surface area contributed by atoms with Gasteiger partial charge in [-0.2, -0.15) is 5.10 Å². The average Bonchev–Trinajstić information content (AvgIpc) is 3.10. The van der Waals surface area contributed by atoms with Crippen LogP contribution < -0.4 is 9.47 Å². The molecule has 188 valence electrons. The molecule has 0 fully saturated rings. The zero-order valence-corrected chi connectivity index (χ0v) is 18.4. The maximum Gasteiger partial charge on any atom is 0.573 e. The van der Waals surface area contributed by atoms with E-state index in [1.165, 1.54) is 37.4 Å². The van der Waals surface area contributed by atoms with Gasteiger partial charge in [-0.25, -0.2) is 14.3 Å². The number of fused-ring (bicyclic) bond motifs is 1. The lowest BCUT2D eigenvalue weighted by Gasteiger charge is -2.12. The number of aryl methyl sites for hydroxylation is 2. The van der Waals surface area contributed by atoms with Gasteiger partial charge in [-0.3, -0.25) is 0 Å². The van der Waals surface area contributed by atoms with E-state index in [1.54, 1.807) is 6.92 Å². The number of aromatic carboxylic acids is 1. The van der Waals surface area contributed by atoms with Gasteiger partial charge in [-0.1, -0.05) is 6.07 Å². The average molecular weight is 511 g/mol. The molecule has 0 spiro atoms. The molecule has 0 amide bonds. The van der Waals surface area contributed by atoms with E-state index >= 15 is 0 Å². The highest BCUT2D eigenvalue weighted by Crippen LogP contribution is 2.35. The highest BCUT2D eigenvalue weighted by atomic mass is 19.4. The largest absolute Gasteiger partial charge is 0.573 e. The molecule has 2 aromatic carbocycles. The molecule has 0 atom stereocenters. The quantitative estimate of drug-likeness (QED) is 0.323. The second-order valence-electron chi connectivity index (χ2n) is 7.76. The summed E-state index contributed by atoms with van der Waals surface area (Å²) in [7, 11) is 0. The highest BCUT2D eigenvalue weighted by molar-refractivity contribution is 5.96. The Labute approximate surface area is 198 Å². The molecular formula is C23H15F6N3O4. The number of imidazole rings is 1. The smallest absolute Gasteiger partial charge is 0.476 e. The van der Waals surface area contributed by atoms with Gasteiger partial charge in [0, 0.05) is 17.3 Å². The first kappa shape index (κ1) is 24.8. The Morgan fingerprint density at radius 2 is 1.39 bits per heavy atom. The van der Waals surface area contributed by atoms with Crippen molar-refractivity contribution in [2.24, 2.45) is 0 Å². The number of halogens is 6. The van der Waals surface area contributed by atoms with Crippen molar-refractivity contribution in [1.82, 2.24) is 14.6 Å². The molecular weight excluding hydrogens is 496 g/mol. The summed E-state index contributed by atoms with van der Waals surface area (Å²) in [4.78, 5) is 16.4. The summed E-state index contributed by atoms with van der Waals surface area (Å²) >= 11 is 0. The SMILES string of the molecule is Cc1cc(OC(F)(F)F)cc(-c2nc3c(-c4cc(C)cc(OC(F)(F)F)c4)ccnn3c2C(=O)O)c1. The van der Waals surface area contributed by atoms with Crippen LogP contribution in [0, 0.1) is 13.8 Å². The van der Waals surface area contributed by atoms with E-state index < -0.39 is 35.9 Å². The van der Waals surface area contributed by atoms with Crippen LogP contribution in [0.5, 0.6) is 11.5 Å². The van der Waals surface area contributed by atoms with Gasteiger partial charge >= 0.3 is 18.7 Å². The van der Waals surface area contributed by atoms with Crippen LogP contribution in [-0.2, 0) is 0 Å². The van der Waals surface area contributed by atoms with Gasteiger partial charge in [-0.15, -0.1) is 26.3 Å². The van der Waals surface area contributed by atoms with E-state index in [-0.39, 0.29) is 28.0 Å². The lowest BCUT2D eigenvalue weighted by Crippen LogP contribution is -2.17. The molecule has 0 bridgehead atoms. The number of benzene rings is 2. The number of aromatic nitrogens is 3. The molecule has 0 aliphatic carbocycles. The highest BCUT2D eigenvalue weighted by Gasteiger charge is 2.33. The van der Waals surface area contributed by atoms with E-state index in [2.05, 4.69) is 19.6 Å². The molecule has 2 heterocycles. The minimum atomic E-state index is -4.98. The first-order valence-electron chi connectivity index (χ1n) is 10.1. The molecule has 4 rings (SSSR count). The molecule has 4 aromatic rings. The predicted octanol–water partition coefficient (Wildman–Crippen LogP) is 6.18. The topological polar surface area (TPSA) is 86.0 Å². The number of carboxylic acids is 1. The van der Waals surface area contributed by atoms with Crippen molar-refractivity contribution in [3.8, 4) is 33.9 Å². The number of carboxylic acid groups (broad SMARTS) is 1. The third-order valence-electron chi connectivity index (χ3n) is 4.87. The molecule has 7 nitrogen and oxygen atoms in total. The summed E-state index contributed by atoms with van der Waals surface area (Å²) < 4.78 is 85.5.